The molecule has 0 saturated heterocycles. The summed E-state index contributed by atoms with van der Waals surface area (Å²) in [5.41, 5.74) is 0.831. The van der Waals surface area contributed by atoms with Crippen molar-refractivity contribution in [3.05, 3.63) is 34.3 Å². The lowest BCUT2D eigenvalue weighted by Crippen LogP contribution is -2.03. The molecule has 0 aromatic heterocycles. The fourth-order valence-corrected chi connectivity index (χ4v) is 1.15. The molecule has 1 rings (SSSR count). The van der Waals surface area contributed by atoms with Crippen LogP contribution in [0.15, 0.2) is 33.9 Å². The van der Waals surface area contributed by atoms with Gasteiger partial charge in [-0.15, -0.1) is 0 Å². The standard InChI is InChI=1S/C9H8BrNO3/c10-8-4-2-1-3-7(8)5-11-14-6-9(12)13/h1-5H,6H2,(H,12,13)/b11-5+. The third-order valence-electron chi connectivity index (χ3n) is 1.36. The van der Waals surface area contributed by atoms with Crippen molar-refractivity contribution < 1.29 is 14.7 Å². The second-order valence-electron chi connectivity index (χ2n) is 2.42. The number of carboxylic acid groups (broad SMARTS) is 1. The van der Waals surface area contributed by atoms with Gasteiger partial charge < -0.3 is 9.94 Å². The summed E-state index contributed by atoms with van der Waals surface area (Å²) in [5, 5.41) is 11.8. The predicted molar refractivity (Wildman–Crippen MR) is 55.3 cm³/mol. The number of nitrogens with zero attached hydrogens (tertiary/aromatic N) is 1. The summed E-state index contributed by atoms with van der Waals surface area (Å²) >= 11 is 3.31. The smallest absolute Gasteiger partial charge is 0.344 e. The molecular formula is C9H8BrNO3. The fourth-order valence-electron chi connectivity index (χ4n) is 0.766. The van der Waals surface area contributed by atoms with Crippen LogP contribution in [0, 0.1) is 0 Å². The summed E-state index contributed by atoms with van der Waals surface area (Å²) in [4.78, 5) is 14.6. The second-order valence-corrected chi connectivity index (χ2v) is 3.28. The molecular weight excluding hydrogens is 250 g/mol. The maximum Gasteiger partial charge on any atom is 0.344 e. The molecule has 0 unspecified atom stereocenters. The molecule has 0 saturated carbocycles. The van der Waals surface area contributed by atoms with E-state index in [-0.39, 0.29) is 0 Å². The van der Waals surface area contributed by atoms with Crippen molar-refractivity contribution in [2.45, 2.75) is 0 Å². The SMILES string of the molecule is O=C(O)CO/N=C/c1ccccc1Br. The van der Waals surface area contributed by atoms with Crippen molar-refractivity contribution in [2.24, 2.45) is 5.16 Å². The minimum Gasteiger partial charge on any atom is -0.479 e. The monoisotopic (exact) mass is 257 g/mol. The van der Waals surface area contributed by atoms with Crippen molar-refractivity contribution in [3.8, 4) is 0 Å². The van der Waals surface area contributed by atoms with E-state index in [2.05, 4.69) is 25.9 Å². The summed E-state index contributed by atoms with van der Waals surface area (Å²) < 4.78 is 0.877. The number of oxime groups is 1. The van der Waals surface area contributed by atoms with E-state index in [1.807, 2.05) is 24.3 Å². The first kappa shape index (κ1) is 10.7. The van der Waals surface area contributed by atoms with Crippen LogP contribution in [0.5, 0.6) is 0 Å². The number of carboxylic acids is 1. The molecule has 74 valence electrons. The molecule has 1 aromatic rings. The van der Waals surface area contributed by atoms with Crippen LogP contribution in [0.25, 0.3) is 0 Å². The van der Waals surface area contributed by atoms with E-state index < -0.39 is 12.6 Å². The Bertz CT molecular complexity index is 352. The molecule has 0 atom stereocenters. The first-order valence-corrected chi connectivity index (χ1v) is 4.61. The molecule has 0 radical (unpaired) electrons. The molecule has 0 spiro atoms. The van der Waals surface area contributed by atoms with Crippen LogP contribution >= 0.6 is 15.9 Å². The normalized spacial score (nSPS) is 10.4. The van der Waals surface area contributed by atoms with Crippen LogP contribution in [-0.4, -0.2) is 23.9 Å². The molecule has 0 bridgehead atoms. The molecule has 0 fully saturated rings. The predicted octanol–water partition coefficient (Wildman–Crippen LogP) is 1.88. The molecule has 0 aliphatic rings. The van der Waals surface area contributed by atoms with Crippen molar-refractivity contribution >= 4 is 28.1 Å². The highest BCUT2D eigenvalue weighted by atomic mass is 79.9. The molecule has 0 aliphatic carbocycles. The van der Waals surface area contributed by atoms with Crippen LogP contribution in [0.3, 0.4) is 0 Å². The highest BCUT2D eigenvalue weighted by Crippen LogP contribution is 2.13. The zero-order valence-electron chi connectivity index (χ0n) is 7.18. The maximum absolute atomic E-state index is 10.1. The van der Waals surface area contributed by atoms with E-state index in [0.717, 1.165) is 10.0 Å². The van der Waals surface area contributed by atoms with E-state index in [1.54, 1.807) is 0 Å². The zero-order valence-corrected chi connectivity index (χ0v) is 8.77. The van der Waals surface area contributed by atoms with Crippen molar-refractivity contribution in [1.82, 2.24) is 0 Å². The molecule has 14 heavy (non-hydrogen) atoms. The number of hydrogen-bond donors (Lipinski definition) is 1. The molecule has 5 heteroatoms. The third kappa shape index (κ3) is 3.57. The lowest BCUT2D eigenvalue weighted by atomic mass is 10.2. The van der Waals surface area contributed by atoms with Gasteiger partial charge in [-0.3, -0.25) is 0 Å². The quantitative estimate of drug-likeness (QED) is 0.662. The Balaban J connectivity index is 2.52. The number of halogens is 1. The first-order chi connectivity index (χ1) is 6.70. The second kappa shape index (κ2) is 5.39. The number of carbonyl (C=O) groups is 1. The lowest BCUT2D eigenvalue weighted by molar-refractivity contribution is -0.142. The van der Waals surface area contributed by atoms with E-state index in [9.17, 15) is 4.79 Å². The summed E-state index contributed by atoms with van der Waals surface area (Å²) in [6, 6.07) is 7.42. The third-order valence-corrected chi connectivity index (χ3v) is 2.08. The van der Waals surface area contributed by atoms with Gasteiger partial charge >= 0.3 is 5.97 Å². The van der Waals surface area contributed by atoms with Crippen LogP contribution in [0.2, 0.25) is 0 Å². The largest absolute Gasteiger partial charge is 0.479 e. The summed E-state index contributed by atoms with van der Waals surface area (Å²) in [5.74, 6) is -1.05. The van der Waals surface area contributed by atoms with Crippen LogP contribution in [0.1, 0.15) is 5.56 Å². The highest BCUT2D eigenvalue weighted by Gasteiger charge is 1.95. The van der Waals surface area contributed by atoms with Crippen molar-refractivity contribution in [2.75, 3.05) is 6.61 Å². The van der Waals surface area contributed by atoms with E-state index in [1.165, 1.54) is 6.21 Å². The highest BCUT2D eigenvalue weighted by molar-refractivity contribution is 9.10. The number of hydrogen-bond acceptors (Lipinski definition) is 3. The Hall–Kier alpha value is -1.36. The van der Waals surface area contributed by atoms with Gasteiger partial charge in [-0.25, -0.2) is 4.79 Å². The Morgan fingerprint density at radius 3 is 2.93 bits per heavy atom. The average Bonchev–Trinajstić information content (AvgIpc) is 2.15. The van der Waals surface area contributed by atoms with Gasteiger partial charge in [0, 0.05) is 10.0 Å². The Morgan fingerprint density at radius 2 is 2.29 bits per heavy atom. The van der Waals surface area contributed by atoms with Crippen molar-refractivity contribution in [1.29, 1.82) is 0 Å². The molecule has 4 nitrogen and oxygen atoms in total. The first-order valence-electron chi connectivity index (χ1n) is 3.82. The molecule has 0 heterocycles. The Labute approximate surface area is 89.3 Å². The van der Waals surface area contributed by atoms with Crippen LogP contribution < -0.4 is 0 Å². The maximum atomic E-state index is 10.1. The van der Waals surface area contributed by atoms with Crippen molar-refractivity contribution in [3.63, 3.8) is 0 Å². The summed E-state index contributed by atoms with van der Waals surface area (Å²) in [6.45, 7) is -0.430. The number of benzene rings is 1. The van der Waals surface area contributed by atoms with Gasteiger partial charge in [-0.2, -0.15) is 0 Å². The summed E-state index contributed by atoms with van der Waals surface area (Å²) in [7, 11) is 0. The fraction of sp³-hybridized carbons (Fsp3) is 0.111. The Morgan fingerprint density at radius 1 is 1.57 bits per heavy atom. The van der Waals surface area contributed by atoms with E-state index in [4.69, 9.17) is 5.11 Å². The zero-order chi connectivity index (χ0) is 10.4. The number of aliphatic carboxylic acids is 1. The van der Waals surface area contributed by atoms with Crippen LogP contribution in [0.4, 0.5) is 0 Å². The number of rotatable bonds is 4. The minimum atomic E-state index is -1.05. The molecule has 1 aromatic carbocycles. The molecule has 0 amide bonds. The van der Waals surface area contributed by atoms with E-state index in [0.29, 0.717) is 0 Å². The van der Waals surface area contributed by atoms with Gasteiger partial charge in [-0.1, -0.05) is 39.3 Å². The van der Waals surface area contributed by atoms with Crippen LogP contribution in [-0.2, 0) is 9.63 Å². The van der Waals surface area contributed by atoms with Gasteiger partial charge in [0.25, 0.3) is 0 Å². The topological polar surface area (TPSA) is 58.9 Å². The van der Waals surface area contributed by atoms with E-state index >= 15 is 0 Å². The lowest BCUT2D eigenvalue weighted by Gasteiger charge is -1.96. The summed E-state index contributed by atoms with van der Waals surface area (Å²) in [6.07, 6.45) is 1.45. The average molecular weight is 258 g/mol. The molecule has 1 N–H and O–H groups in total. The van der Waals surface area contributed by atoms with Gasteiger partial charge in [0.1, 0.15) is 0 Å². The van der Waals surface area contributed by atoms with Gasteiger partial charge in [-0.05, 0) is 6.07 Å². The van der Waals surface area contributed by atoms with Gasteiger partial charge in [0.15, 0.2) is 0 Å². The van der Waals surface area contributed by atoms with Gasteiger partial charge in [0.05, 0.1) is 6.21 Å². The van der Waals surface area contributed by atoms with Gasteiger partial charge in [0.2, 0.25) is 6.61 Å². The molecule has 0 aliphatic heterocycles. The minimum absolute atomic E-state index is 0.430. The Kier molecular flexibility index (Phi) is 4.12.